The molecule has 2 heterocycles. The van der Waals surface area contributed by atoms with E-state index in [4.69, 9.17) is 0 Å². The SMILES string of the molecule is O=C(NCC12CC(CN1Cc1ccccc1)C2)c1cccc(Br)c1. The fraction of sp³-hybridized carbons (Fsp3) is 0.350. The summed E-state index contributed by atoms with van der Waals surface area (Å²) >= 11 is 3.42. The molecule has 2 aromatic carbocycles. The number of amides is 1. The number of carbonyl (C=O) groups excluding carboxylic acids is 1. The number of nitrogens with zero attached hydrogens (tertiary/aromatic N) is 1. The largest absolute Gasteiger partial charge is 0.350 e. The number of benzene rings is 2. The standard InChI is InChI=1S/C20H21BrN2O/c21-18-8-4-7-17(9-18)19(24)22-14-20-10-16(11-20)13-23(20)12-15-5-2-1-3-6-15/h1-9,16H,10-14H2,(H,22,24). The molecule has 0 unspecified atom stereocenters. The first-order chi connectivity index (χ1) is 11.6. The predicted octanol–water partition coefficient (Wildman–Crippen LogP) is 3.84. The van der Waals surface area contributed by atoms with Gasteiger partial charge in [0.25, 0.3) is 5.91 Å². The molecule has 0 spiro atoms. The average molecular weight is 385 g/mol. The highest BCUT2D eigenvalue weighted by Gasteiger charge is 2.55. The van der Waals surface area contributed by atoms with E-state index in [-0.39, 0.29) is 11.4 Å². The number of fused-ring (bicyclic) bond motifs is 1. The molecular formula is C20H21BrN2O. The molecular weight excluding hydrogens is 364 g/mol. The third kappa shape index (κ3) is 3.01. The second-order valence-corrected chi connectivity index (χ2v) is 7.97. The van der Waals surface area contributed by atoms with E-state index in [9.17, 15) is 4.79 Å². The van der Waals surface area contributed by atoms with Crippen LogP contribution in [0.4, 0.5) is 0 Å². The molecule has 124 valence electrons. The third-order valence-electron chi connectivity index (χ3n) is 5.37. The first-order valence-corrected chi connectivity index (χ1v) is 9.27. The molecule has 0 atom stereocenters. The van der Waals surface area contributed by atoms with Crippen molar-refractivity contribution in [1.29, 1.82) is 0 Å². The highest BCUT2D eigenvalue weighted by molar-refractivity contribution is 9.10. The summed E-state index contributed by atoms with van der Waals surface area (Å²) in [6.45, 7) is 2.87. The molecule has 1 saturated carbocycles. The summed E-state index contributed by atoms with van der Waals surface area (Å²) in [5.41, 5.74) is 2.22. The van der Waals surface area contributed by atoms with Gasteiger partial charge >= 0.3 is 0 Å². The van der Waals surface area contributed by atoms with Crippen LogP contribution >= 0.6 is 15.9 Å². The van der Waals surface area contributed by atoms with Gasteiger partial charge in [-0.3, -0.25) is 9.69 Å². The van der Waals surface area contributed by atoms with Gasteiger partial charge in [-0.25, -0.2) is 0 Å². The number of carbonyl (C=O) groups is 1. The van der Waals surface area contributed by atoms with E-state index in [1.165, 1.54) is 18.4 Å². The summed E-state index contributed by atoms with van der Waals surface area (Å²) < 4.78 is 0.934. The van der Waals surface area contributed by atoms with E-state index < -0.39 is 0 Å². The number of hydrogen-bond donors (Lipinski definition) is 1. The summed E-state index contributed by atoms with van der Waals surface area (Å²) in [5.74, 6) is 0.817. The summed E-state index contributed by atoms with van der Waals surface area (Å²) in [5, 5.41) is 3.16. The number of hydrogen-bond acceptors (Lipinski definition) is 2. The Bertz CT molecular complexity index is 740. The minimum Gasteiger partial charge on any atom is -0.350 e. The maximum absolute atomic E-state index is 12.4. The van der Waals surface area contributed by atoms with Crippen LogP contribution in [0.2, 0.25) is 0 Å². The van der Waals surface area contributed by atoms with Crippen LogP contribution in [0.1, 0.15) is 28.8 Å². The lowest BCUT2D eigenvalue weighted by Gasteiger charge is -2.42. The Balaban J connectivity index is 1.41. The normalized spacial score (nSPS) is 25.3. The van der Waals surface area contributed by atoms with Crippen LogP contribution in [0.25, 0.3) is 0 Å². The maximum atomic E-state index is 12.4. The van der Waals surface area contributed by atoms with Gasteiger partial charge in [0.15, 0.2) is 0 Å². The Morgan fingerprint density at radius 2 is 1.96 bits per heavy atom. The van der Waals surface area contributed by atoms with Crippen LogP contribution < -0.4 is 5.32 Å². The smallest absolute Gasteiger partial charge is 0.251 e. The van der Waals surface area contributed by atoms with Gasteiger partial charge in [0, 0.05) is 35.2 Å². The molecule has 3 fully saturated rings. The van der Waals surface area contributed by atoms with Gasteiger partial charge in [0.1, 0.15) is 0 Å². The van der Waals surface area contributed by atoms with E-state index in [0.29, 0.717) is 5.56 Å². The van der Waals surface area contributed by atoms with Crippen molar-refractivity contribution in [2.75, 3.05) is 13.1 Å². The first-order valence-electron chi connectivity index (χ1n) is 8.47. The van der Waals surface area contributed by atoms with Crippen LogP contribution in [0, 0.1) is 5.92 Å². The van der Waals surface area contributed by atoms with E-state index in [1.807, 2.05) is 24.3 Å². The molecule has 3 aliphatic rings. The molecule has 1 amide bonds. The number of nitrogens with one attached hydrogen (secondary N) is 1. The van der Waals surface area contributed by atoms with E-state index in [0.717, 1.165) is 30.0 Å². The summed E-state index contributed by atoms with van der Waals surface area (Å²) in [7, 11) is 0. The van der Waals surface area contributed by atoms with Crippen molar-refractivity contribution in [3.8, 4) is 0 Å². The minimum atomic E-state index is 0.0145. The van der Waals surface area contributed by atoms with Gasteiger partial charge in [-0.2, -0.15) is 0 Å². The Hall–Kier alpha value is -1.65. The fourth-order valence-electron chi connectivity index (χ4n) is 4.18. The molecule has 0 aromatic heterocycles. The molecule has 2 aliphatic heterocycles. The van der Waals surface area contributed by atoms with Crippen molar-refractivity contribution in [3.63, 3.8) is 0 Å². The fourth-order valence-corrected chi connectivity index (χ4v) is 4.58. The second-order valence-electron chi connectivity index (χ2n) is 7.06. The average Bonchev–Trinajstić information content (AvgIpc) is 3.07. The van der Waals surface area contributed by atoms with E-state index >= 15 is 0 Å². The van der Waals surface area contributed by atoms with Crippen LogP contribution in [0.5, 0.6) is 0 Å². The van der Waals surface area contributed by atoms with Gasteiger partial charge in [0.2, 0.25) is 0 Å². The zero-order valence-electron chi connectivity index (χ0n) is 13.5. The van der Waals surface area contributed by atoms with Crippen LogP contribution in [0.3, 0.4) is 0 Å². The van der Waals surface area contributed by atoms with Crippen LogP contribution in [0.15, 0.2) is 59.1 Å². The zero-order valence-corrected chi connectivity index (χ0v) is 15.1. The van der Waals surface area contributed by atoms with Gasteiger partial charge in [-0.05, 0) is 42.5 Å². The lowest BCUT2D eigenvalue weighted by atomic mass is 9.73. The lowest BCUT2D eigenvalue weighted by molar-refractivity contribution is 0.0798. The minimum absolute atomic E-state index is 0.0145. The Morgan fingerprint density at radius 1 is 1.17 bits per heavy atom. The van der Waals surface area contributed by atoms with Crippen molar-refractivity contribution in [2.24, 2.45) is 5.92 Å². The Labute approximate surface area is 151 Å². The molecule has 2 aromatic rings. The van der Waals surface area contributed by atoms with Gasteiger partial charge < -0.3 is 5.32 Å². The molecule has 0 radical (unpaired) electrons. The summed E-state index contributed by atoms with van der Waals surface area (Å²) in [4.78, 5) is 15.0. The first kappa shape index (κ1) is 15.9. The maximum Gasteiger partial charge on any atom is 0.251 e. The molecule has 24 heavy (non-hydrogen) atoms. The van der Waals surface area contributed by atoms with Crippen LogP contribution in [-0.4, -0.2) is 29.4 Å². The molecule has 2 bridgehead atoms. The van der Waals surface area contributed by atoms with Crippen molar-refractivity contribution < 1.29 is 4.79 Å². The Kier molecular flexibility index (Phi) is 4.19. The molecule has 1 aliphatic carbocycles. The van der Waals surface area contributed by atoms with Gasteiger partial charge in [-0.1, -0.05) is 52.3 Å². The topological polar surface area (TPSA) is 32.3 Å². The monoisotopic (exact) mass is 384 g/mol. The highest BCUT2D eigenvalue weighted by Crippen LogP contribution is 2.50. The van der Waals surface area contributed by atoms with Crippen molar-refractivity contribution >= 4 is 21.8 Å². The molecule has 4 heteroatoms. The molecule has 2 saturated heterocycles. The van der Waals surface area contributed by atoms with Crippen LogP contribution in [-0.2, 0) is 6.54 Å². The van der Waals surface area contributed by atoms with Gasteiger partial charge in [-0.15, -0.1) is 0 Å². The molecule has 3 nitrogen and oxygen atoms in total. The van der Waals surface area contributed by atoms with E-state index in [1.54, 1.807) is 0 Å². The lowest BCUT2D eigenvalue weighted by Crippen LogP contribution is -2.53. The molecule has 5 rings (SSSR count). The third-order valence-corrected chi connectivity index (χ3v) is 5.86. The molecule has 1 N–H and O–H groups in total. The van der Waals surface area contributed by atoms with Gasteiger partial charge in [0.05, 0.1) is 0 Å². The second kappa shape index (κ2) is 6.34. The zero-order chi connectivity index (χ0) is 16.6. The van der Waals surface area contributed by atoms with Crippen molar-refractivity contribution in [2.45, 2.75) is 24.9 Å². The summed E-state index contributed by atoms with van der Waals surface area (Å²) in [6.07, 6.45) is 2.41. The summed E-state index contributed by atoms with van der Waals surface area (Å²) in [6, 6.07) is 18.2. The number of rotatable bonds is 5. The quantitative estimate of drug-likeness (QED) is 0.848. The number of halogens is 1. The highest BCUT2D eigenvalue weighted by atomic mass is 79.9. The van der Waals surface area contributed by atoms with Crippen molar-refractivity contribution in [1.82, 2.24) is 10.2 Å². The van der Waals surface area contributed by atoms with Crippen molar-refractivity contribution in [3.05, 3.63) is 70.2 Å². The Morgan fingerprint density at radius 3 is 2.71 bits per heavy atom. The predicted molar refractivity (Wildman–Crippen MR) is 98.8 cm³/mol. The van der Waals surface area contributed by atoms with E-state index in [2.05, 4.69) is 56.5 Å².